The zero-order valence-electron chi connectivity index (χ0n) is 12.2. The van der Waals surface area contributed by atoms with Gasteiger partial charge < -0.3 is 4.74 Å². The first kappa shape index (κ1) is 16.6. The Morgan fingerprint density at radius 3 is 2.38 bits per heavy atom. The van der Waals surface area contributed by atoms with Crippen LogP contribution in [0.25, 0.3) is 21.5 Å². The van der Waals surface area contributed by atoms with Crippen LogP contribution in [0.3, 0.4) is 0 Å². The van der Waals surface area contributed by atoms with E-state index >= 15 is 0 Å². The third-order valence-corrected chi connectivity index (χ3v) is 3.65. The fraction of sp³-hybridized carbons (Fsp3) is 0.118. The van der Waals surface area contributed by atoms with E-state index in [1.54, 1.807) is 12.1 Å². The summed E-state index contributed by atoms with van der Waals surface area (Å²) in [5.41, 5.74) is 0.606. The van der Waals surface area contributed by atoms with Gasteiger partial charge in [-0.1, -0.05) is 42.5 Å². The summed E-state index contributed by atoms with van der Waals surface area (Å²) in [6.07, 6.45) is -4.22. The van der Waals surface area contributed by atoms with Crippen molar-refractivity contribution in [2.75, 3.05) is 0 Å². The first-order chi connectivity index (χ1) is 11.5. The van der Waals surface area contributed by atoms with Gasteiger partial charge in [-0.25, -0.2) is 4.79 Å². The van der Waals surface area contributed by atoms with Gasteiger partial charge in [0.05, 0.1) is 0 Å². The number of rotatable bonds is 5. The van der Waals surface area contributed by atoms with E-state index in [0.29, 0.717) is 5.56 Å². The number of hydrogen-bond acceptors (Lipinski definition) is 5. The minimum absolute atomic E-state index is 0.319. The van der Waals surface area contributed by atoms with E-state index in [9.17, 15) is 13.6 Å². The highest BCUT2D eigenvalue weighted by Gasteiger charge is 2.44. The van der Waals surface area contributed by atoms with Gasteiger partial charge in [0.1, 0.15) is 6.61 Å². The van der Waals surface area contributed by atoms with Crippen LogP contribution in [0, 0.1) is 0 Å². The highest BCUT2D eigenvalue weighted by atomic mass is 32.1. The number of carbonyl (C=O) groups is 1. The van der Waals surface area contributed by atoms with Crippen molar-refractivity contribution in [1.82, 2.24) is 0 Å². The molecule has 0 aliphatic rings. The third-order valence-electron chi connectivity index (χ3n) is 3.58. The van der Waals surface area contributed by atoms with Gasteiger partial charge in [0.2, 0.25) is 0 Å². The second-order valence-corrected chi connectivity index (χ2v) is 5.24. The van der Waals surface area contributed by atoms with E-state index in [2.05, 4.69) is 26.9 Å². The van der Waals surface area contributed by atoms with Crippen LogP contribution in [0.15, 0.2) is 54.6 Å². The molecule has 0 heterocycles. The molecule has 0 unspecified atom stereocenters. The van der Waals surface area contributed by atoms with Gasteiger partial charge in [-0.3, -0.25) is 0 Å². The van der Waals surface area contributed by atoms with Crippen LogP contribution in [0.4, 0.5) is 8.78 Å². The first-order valence-corrected chi connectivity index (χ1v) is 7.32. The van der Waals surface area contributed by atoms with E-state index in [1.807, 2.05) is 42.5 Å². The van der Waals surface area contributed by atoms with E-state index < -0.39 is 12.1 Å². The molecule has 3 rings (SSSR count). The molecule has 3 aromatic carbocycles. The van der Waals surface area contributed by atoms with Crippen molar-refractivity contribution in [3.05, 3.63) is 60.2 Å². The summed E-state index contributed by atoms with van der Waals surface area (Å²) in [7, 11) is 0. The van der Waals surface area contributed by atoms with Crippen molar-refractivity contribution >= 4 is 40.4 Å². The monoisotopic (exact) mass is 350 g/mol. The summed E-state index contributed by atoms with van der Waals surface area (Å²) >= 11 is 3.02. The summed E-state index contributed by atoms with van der Waals surface area (Å²) in [4.78, 5) is 14.8. The normalized spacial score (nSPS) is 11.8. The zero-order valence-corrected chi connectivity index (χ0v) is 13.1. The van der Waals surface area contributed by atoms with Gasteiger partial charge >= 0.3 is 12.1 Å². The molecule has 0 atom stereocenters. The van der Waals surface area contributed by atoms with E-state index in [4.69, 9.17) is 0 Å². The van der Waals surface area contributed by atoms with Crippen molar-refractivity contribution in [2.24, 2.45) is 0 Å². The number of esters is 1. The number of fused-ring (bicyclic) bond motifs is 2. The average molecular weight is 350 g/mol. The Balaban J connectivity index is 1.89. The van der Waals surface area contributed by atoms with Crippen molar-refractivity contribution in [3.63, 3.8) is 0 Å². The lowest BCUT2D eigenvalue weighted by Gasteiger charge is -2.13. The van der Waals surface area contributed by atoms with Crippen LogP contribution in [-0.2, 0) is 25.4 Å². The minimum atomic E-state index is -4.22. The van der Waals surface area contributed by atoms with Gasteiger partial charge in [-0.2, -0.15) is 13.1 Å². The quantitative estimate of drug-likeness (QED) is 0.185. The predicted molar refractivity (Wildman–Crippen MR) is 87.4 cm³/mol. The summed E-state index contributed by atoms with van der Waals surface area (Å²) < 4.78 is 34.5. The molecule has 24 heavy (non-hydrogen) atoms. The highest BCUT2D eigenvalue weighted by molar-refractivity contribution is 7.74. The Kier molecular flexibility index (Phi) is 4.66. The van der Waals surface area contributed by atoms with Crippen LogP contribution in [0.1, 0.15) is 5.56 Å². The Morgan fingerprint density at radius 1 is 1.00 bits per heavy atom. The van der Waals surface area contributed by atoms with Crippen LogP contribution >= 0.6 is 12.9 Å². The predicted octanol–water partition coefficient (Wildman–Crippen LogP) is 4.42. The Labute approximate surface area is 141 Å². The molecule has 0 saturated carbocycles. The molecule has 0 spiro atoms. The maximum Gasteiger partial charge on any atom is 0.483 e. The smallest absolute Gasteiger partial charge is 0.454 e. The molecular formula is C17H12F2O4S. The molecule has 7 heteroatoms. The lowest BCUT2D eigenvalue weighted by molar-refractivity contribution is -0.369. The lowest BCUT2D eigenvalue weighted by atomic mass is 10.00. The molecule has 0 bridgehead atoms. The molecule has 0 aliphatic carbocycles. The average Bonchev–Trinajstić information content (AvgIpc) is 2.57. The zero-order chi connectivity index (χ0) is 17.2. The molecule has 4 nitrogen and oxygen atoms in total. The van der Waals surface area contributed by atoms with Crippen molar-refractivity contribution in [3.8, 4) is 0 Å². The largest absolute Gasteiger partial charge is 0.483 e. The molecule has 3 aromatic rings. The fourth-order valence-corrected chi connectivity index (χ4v) is 2.56. The van der Waals surface area contributed by atoms with Gasteiger partial charge in [-0.05, 0) is 39.2 Å². The molecule has 0 N–H and O–H groups in total. The van der Waals surface area contributed by atoms with E-state index in [0.717, 1.165) is 21.5 Å². The minimum Gasteiger partial charge on any atom is -0.454 e. The topological polar surface area (TPSA) is 44.8 Å². The Bertz CT molecular complexity index is 898. The second kappa shape index (κ2) is 6.72. The summed E-state index contributed by atoms with van der Waals surface area (Å²) in [6.45, 7) is -0.319. The molecule has 0 radical (unpaired) electrons. The lowest BCUT2D eigenvalue weighted by Crippen LogP contribution is -2.33. The highest BCUT2D eigenvalue weighted by Crippen LogP contribution is 2.27. The standard InChI is InChI=1S/C17H12F2O4S/c18-17(19,22-23-24)16(20)21-10-14-7-3-6-13-8-11-4-1-2-5-12(11)9-15(13)14/h1-9,24H,10H2. The Hall–Kier alpha value is -2.22. The number of carbonyl (C=O) groups excluding carboxylic acids is 1. The van der Waals surface area contributed by atoms with Crippen LogP contribution in [-0.4, -0.2) is 12.1 Å². The van der Waals surface area contributed by atoms with E-state index in [1.165, 1.54) is 0 Å². The Morgan fingerprint density at radius 2 is 1.67 bits per heavy atom. The molecule has 0 aliphatic heterocycles. The third kappa shape index (κ3) is 3.33. The van der Waals surface area contributed by atoms with Crippen LogP contribution in [0.2, 0.25) is 0 Å². The van der Waals surface area contributed by atoms with Crippen molar-refractivity contribution in [1.29, 1.82) is 0 Å². The summed E-state index contributed by atoms with van der Waals surface area (Å²) in [5.74, 6) is -1.85. The molecule has 0 amide bonds. The molecule has 124 valence electrons. The van der Waals surface area contributed by atoms with Gasteiger partial charge in [0, 0.05) is 12.9 Å². The van der Waals surface area contributed by atoms with Crippen molar-refractivity contribution < 1.29 is 27.5 Å². The van der Waals surface area contributed by atoms with Crippen molar-refractivity contribution in [2.45, 2.75) is 12.7 Å². The van der Waals surface area contributed by atoms with E-state index in [-0.39, 0.29) is 6.61 Å². The van der Waals surface area contributed by atoms with Gasteiger partial charge in [0.25, 0.3) is 0 Å². The first-order valence-electron chi connectivity index (χ1n) is 6.96. The van der Waals surface area contributed by atoms with Gasteiger partial charge in [-0.15, -0.1) is 4.89 Å². The SMILES string of the molecule is O=C(OCc1cccc2cc3ccccc3cc12)C(F)(F)OOS. The number of hydrogen-bond donors (Lipinski definition) is 1. The van der Waals surface area contributed by atoms with Crippen LogP contribution < -0.4 is 0 Å². The maximum atomic E-state index is 13.2. The number of thiol groups is 1. The summed E-state index contributed by atoms with van der Waals surface area (Å²) in [5, 5.41) is 3.80. The molecular weight excluding hydrogens is 338 g/mol. The number of alkyl halides is 2. The second-order valence-electron chi connectivity index (χ2n) is 5.09. The molecule has 0 fully saturated rings. The van der Waals surface area contributed by atoms with Crippen LogP contribution in [0.5, 0.6) is 0 Å². The fourth-order valence-electron chi connectivity index (χ4n) is 2.47. The maximum absolute atomic E-state index is 13.2. The van der Waals surface area contributed by atoms with Gasteiger partial charge in [0.15, 0.2) is 0 Å². The number of benzene rings is 3. The summed E-state index contributed by atoms with van der Waals surface area (Å²) in [6, 6.07) is 17.1. The number of halogens is 2. The molecule has 0 aromatic heterocycles. The number of ether oxygens (including phenoxy) is 1. The molecule has 0 saturated heterocycles.